The fraction of sp³-hybridized carbons (Fsp3) is 0.333. The molecule has 0 atom stereocenters. The third-order valence-corrected chi connectivity index (χ3v) is 7.18. The van der Waals surface area contributed by atoms with Gasteiger partial charge in [-0.15, -0.1) is 0 Å². The summed E-state index contributed by atoms with van der Waals surface area (Å²) in [5, 5.41) is 3.79. The van der Waals surface area contributed by atoms with E-state index in [1.807, 2.05) is 11.8 Å². The summed E-state index contributed by atoms with van der Waals surface area (Å²) in [6, 6.07) is 11.5. The molecule has 2 heterocycles. The van der Waals surface area contributed by atoms with Crippen LogP contribution in [-0.4, -0.2) is 53.9 Å². The number of hydrogen-bond donors (Lipinski definition) is 0. The van der Waals surface area contributed by atoms with E-state index in [1.165, 1.54) is 16.4 Å². The lowest BCUT2D eigenvalue weighted by Gasteiger charge is -2.33. The van der Waals surface area contributed by atoms with Crippen LogP contribution in [0.2, 0.25) is 0 Å². The predicted molar refractivity (Wildman–Crippen MR) is 110 cm³/mol. The van der Waals surface area contributed by atoms with Gasteiger partial charge in [0.15, 0.2) is 0 Å². The van der Waals surface area contributed by atoms with Crippen LogP contribution in [0.5, 0.6) is 0 Å². The number of halogens is 3. The van der Waals surface area contributed by atoms with Crippen molar-refractivity contribution in [3.05, 3.63) is 65.5 Å². The summed E-state index contributed by atoms with van der Waals surface area (Å²) in [6.07, 6.45) is -4.46. The second kappa shape index (κ2) is 8.64. The third-order valence-electron chi connectivity index (χ3n) is 5.27. The van der Waals surface area contributed by atoms with E-state index in [4.69, 9.17) is 4.52 Å². The van der Waals surface area contributed by atoms with Crippen LogP contribution in [0.25, 0.3) is 11.4 Å². The molecule has 1 aliphatic rings. The standard InChI is InChI=1S/C21H21F3N4O3S/c1-15-5-7-18(8-6-15)32(29,30)28-11-9-27(10-12-28)14-19-25-20(26-31-19)16-3-2-4-17(13-16)21(22,23)24/h2-8,13H,9-12,14H2,1H3. The molecule has 1 saturated heterocycles. The number of alkyl halides is 3. The van der Waals surface area contributed by atoms with Crippen LogP contribution in [0.3, 0.4) is 0 Å². The van der Waals surface area contributed by atoms with Crippen LogP contribution < -0.4 is 0 Å². The lowest BCUT2D eigenvalue weighted by molar-refractivity contribution is -0.137. The van der Waals surface area contributed by atoms with Gasteiger partial charge in [0.1, 0.15) is 0 Å². The molecule has 11 heteroatoms. The van der Waals surface area contributed by atoms with E-state index < -0.39 is 21.8 Å². The number of hydrogen-bond acceptors (Lipinski definition) is 6. The molecule has 32 heavy (non-hydrogen) atoms. The van der Waals surface area contributed by atoms with E-state index in [9.17, 15) is 21.6 Å². The zero-order chi connectivity index (χ0) is 22.9. The topological polar surface area (TPSA) is 79.5 Å². The smallest absolute Gasteiger partial charge is 0.338 e. The summed E-state index contributed by atoms with van der Waals surface area (Å²) in [4.78, 5) is 6.43. The molecule has 1 aromatic heterocycles. The maximum Gasteiger partial charge on any atom is 0.416 e. The highest BCUT2D eigenvalue weighted by atomic mass is 32.2. The molecule has 0 saturated carbocycles. The minimum atomic E-state index is -4.46. The molecular weight excluding hydrogens is 445 g/mol. The van der Waals surface area contributed by atoms with Gasteiger partial charge in [0.25, 0.3) is 0 Å². The Morgan fingerprint density at radius 2 is 1.72 bits per heavy atom. The molecular formula is C21H21F3N4O3S. The Morgan fingerprint density at radius 1 is 1.03 bits per heavy atom. The quantitative estimate of drug-likeness (QED) is 0.572. The highest BCUT2D eigenvalue weighted by molar-refractivity contribution is 7.89. The second-order valence-corrected chi connectivity index (χ2v) is 9.52. The van der Waals surface area contributed by atoms with Crippen LogP contribution in [0.1, 0.15) is 17.0 Å². The molecule has 0 N–H and O–H groups in total. The van der Waals surface area contributed by atoms with Crippen LogP contribution in [0.4, 0.5) is 13.2 Å². The molecule has 0 unspecified atom stereocenters. The lowest BCUT2D eigenvalue weighted by Crippen LogP contribution is -2.48. The van der Waals surface area contributed by atoms with Gasteiger partial charge < -0.3 is 4.52 Å². The summed E-state index contributed by atoms with van der Waals surface area (Å²) in [5.74, 6) is 0.332. The van der Waals surface area contributed by atoms with Crippen LogP contribution in [0.15, 0.2) is 57.9 Å². The molecule has 0 spiro atoms. The number of aryl methyl sites for hydroxylation is 1. The number of aromatic nitrogens is 2. The van der Waals surface area contributed by atoms with E-state index in [0.717, 1.165) is 17.7 Å². The van der Waals surface area contributed by atoms with Gasteiger partial charge in [0.2, 0.25) is 21.7 Å². The second-order valence-electron chi connectivity index (χ2n) is 7.58. The average molecular weight is 466 g/mol. The fourth-order valence-corrected chi connectivity index (χ4v) is 4.87. The minimum Gasteiger partial charge on any atom is -0.338 e. The molecule has 7 nitrogen and oxygen atoms in total. The Morgan fingerprint density at radius 3 is 2.38 bits per heavy atom. The van der Waals surface area contributed by atoms with Gasteiger partial charge in [-0.2, -0.15) is 22.5 Å². The summed E-state index contributed by atoms with van der Waals surface area (Å²) in [6.45, 7) is 3.73. The van der Waals surface area contributed by atoms with Gasteiger partial charge >= 0.3 is 6.18 Å². The van der Waals surface area contributed by atoms with Crippen molar-refractivity contribution in [2.75, 3.05) is 26.2 Å². The van der Waals surface area contributed by atoms with Gasteiger partial charge in [-0.1, -0.05) is 35.0 Å². The van der Waals surface area contributed by atoms with Crippen molar-refractivity contribution in [3.63, 3.8) is 0 Å². The van der Waals surface area contributed by atoms with Crippen LogP contribution in [-0.2, 0) is 22.7 Å². The number of sulfonamides is 1. The van der Waals surface area contributed by atoms with Crippen molar-refractivity contribution < 1.29 is 26.1 Å². The van der Waals surface area contributed by atoms with Gasteiger partial charge in [0, 0.05) is 31.7 Å². The predicted octanol–water partition coefficient (Wildman–Crippen LogP) is 3.57. The van der Waals surface area contributed by atoms with E-state index in [0.29, 0.717) is 26.2 Å². The molecule has 0 bridgehead atoms. The third kappa shape index (κ3) is 4.84. The number of nitrogens with zero attached hydrogens (tertiary/aromatic N) is 4. The van der Waals surface area contributed by atoms with E-state index in [2.05, 4.69) is 10.1 Å². The fourth-order valence-electron chi connectivity index (χ4n) is 3.45. The summed E-state index contributed by atoms with van der Waals surface area (Å²) in [7, 11) is -3.56. The first-order valence-electron chi connectivity index (χ1n) is 9.92. The van der Waals surface area contributed by atoms with E-state index in [1.54, 1.807) is 24.3 Å². The monoisotopic (exact) mass is 466 g/mol. The zero-order valence-electron chi connectivity index (χ0n) is 17.2. The first-order valence-corrected chi connectivity index (χ1v) is 11.4. The maximum absolute atomic E-state index is 12.9. The van der Waals surface area contributed by atoms with Gasteiger partial charge in [-0.05, 0) is 31.2 Å². The first-order chi connectivity index (χ1) is 15.1. The Labute approximate surface area is 183 Å². The summed E-state index contributed by atoms with van der Waals surface area (Å²) < 4.78 is 71.0. The summed E-state index contributed by atoms with van der Waals surface area (Å²) in [5.41, 5.74) is 0.411. The van der Waals surface area contributed by atoms with Crippen molar-refractivity contribution in [2.45, 2.75) is 24.5 Å². The normalized spacial score (nSPS) is 16.4. The number of benzene rings is 2. The molecule has 2 aromatic carbocycles. The molecule has 0 aliphatic carbocycles. The zero-order valence-corrected chi connectivity index (χ0v) is 18.0. The Bertz CT molecular complexity index is 1190. The molecule has 0 amide bonds. The van der Waals surface area contributed by atoms with Gasteiger partial charge in [-0.25, -0.2) is 8.42 Å². The molecule has 0 radical (unpaired) electrons. The molecule has 3 aromatic rings. The Balaban J connectivity index is 1.38. The highest BCUT2D eigenvalue weighted by Crippen LogP contribution is 2.31. The van der Waals surface area contributed by atoms with Gasteiger partial charge in [0.05, 0.1) is 17.0 Å². The Kier molecular flexibility index (Phi) is 6.06. The lowest BCUT2D eigenvalue weighted by atomic mass is 10.1. The summed E-state index contributed by atoms with van der Waals surface area (Å²) >= 11 is 0. The number of rotatable bonds is 5. The molecule has 1 aliphatic heterocycles. The van der Waals surface area contributed by atoms with Crippen molar-refractivity contribution in [1.82, 2.24) is 19.3 Å². The van der Waals surface area contributed by atoms with Crippen LogP contribution in [0, 0.1) is 6.92 Å². The Hall–Kier alpha value is -2.76. The first kappa shape index (κ1) is 22.4. The largest absolute Gasteiger partial charge is 0.416 e. The molecule has 4 rings (SSSR count). The van der Waals surface area contributed by atoms with Crippen LogP contribution >= 0.6 is 0 Å². The number of piperazine rings is 1. The van der Waals surface area contributed by atoms with Gasteiger partial charge in [-0.3, -0.25) is 4.90 Å². The van der Waals surface area contributed by atoms with Crippen molar-refractivity contribution >= 4 is 10.0 Å². The average Bonchev–Trinajstić information content (AvgIpc) is 3.22. The van der Waals surface area contributed by atoms with Crippen molar-refractivity contribution in [2.24, 2.45) is 0 Å². The minimum absolute atomic E-state index is 0.0756. The van der Waals surface area contributed by atoms with Crippen molar-refractivity contribution in [1.29, 1.82) is 0 Å². The maximum atomic E-state index is 12.9. The molecule has 170 valence electrons. The van der Waals surface area contributed by atoms with E-state index >= 15 is 0 Å². The van der Waals surface area contributed by atoms with E-state index in [-0.39, 0.29) is 28.7 Å². The highest BCUT2D eigenvalue weighted by Gasteiger charge is 2.31. The molecule has 1 fully saturated rings. The van der Waals surface area contributed by atoms with Crippen molar-refractivity contribution in [3.8, 4) is 11.4 Å². The SMILES string of the molecule is Cc1ccc(S(=O)(=O)N2CCN(Cc3nc(-c4cccc(C(F)(F)F)c4)no3)CC2)cc1.